The molecule has 1 amide bonds. The summed E-state index contributed by atoms with van der Waals surface area (Å²) in [7, 11) is 0. The Bertz CT molecular complexity index is 528. The van der Waals surface area contributed by atoms with Gasteiger partial charge in [-0.3, -0.25) is 4.79 Å². The zero-order chi connectivity index (χ0) is 16.5. The molecule has 1 unspecified atom stereocenters. The monoisotopic (exact) mass is 326 g/mol. The van der Waals surface area contributed by atoms with Crippen LogP contribution in [0.1, 0.15) is 27.9 Å². The van der Waals surface area contributed by atoms with Gasteiger partial charge in [0.15, 0.2) is 0 Å². The number of nitrogens with one attached hydrogen (secondary N) is 2. The average Bonchev–Trinajstić information content (AvgIpc) is 2.89. The van der Waals surface area contributed by atoms with E-state index >= 15 is 0 Å². The molecule has 0 aromatic heterocycles. The topological polar surface area (TPSA) is 41.1 Å². The van der Waals surface area contributed by atoms with Crippen LogP contribution in [0.3, 0.4) is 0 Å². The van der Waals surface area contributed by atoms with E-state index in [0.29, 0.717) is 31.6 Å². The first-order valence-corrected chi connectivity index (χ1v) is 6.38. The predicted molar refractivity (Wildman–Crippen MR) is 65.2 cm³/mol. The van der Waals surface area contributed by atoms with Gasteiger partial charge in [-0.05, 0) is 31.2 Å². The van der Waals surface area contributed by atoms with Crippen LogP contribution >= 0.6 is 0 Å². The Morgan fingerprint density at radius 3 is 2.00 bits per heavy atom. The largest absolute Gasteiger partial charge is 0.416 e. The molecule has 1 aliphatic heterocycles. The maximum absolute atomic E-state index is 12.7. The van der Waals surface area contributed by atoms with Crippen molar-refractivity contribution < 1.29 is 31.1 Å². The highest BCUT2D eigenvalue weighted by Gasteiger charge is 2.37. The molecule has 1 atom stereocenters. The van der Waals surface area contributed by atoms with Crippen molar-refractivity contribution in [1.82, 2.24) is 10.6 Å². The first-order valence-electron chi connectivity index (χ1n) is 6.38. The summed E-state index contributed by atoms with van der Waals surface area (Å²) < 4.78 is 76.2. The van der Waals surface area contributed by atoms with Crippen LogP contribution in [0.5, 0.6) is 0 Å². The molecule has 2 N–H and O–H groups in total. The van der Waals surface area contributed by atoms with Gasteiger partial charge in [0.2, 0.25) is 0 Å². The van der Waals surface area contributed by atoms with Crippen molar-refractivity contribution in [3.05, 3.63) is 34.9 Å². The number of halogens is 6. The summed E-state index contributed by atoms with van der Waals surface area (Å²) >= 11 is 0. The molecule has 9 heteroatoms. The molecule has 0 radical (unpaired) electrons. The molecule has 122 valence electrons. The van der Waals surface area contributed by atoms with Gasteiger partial charge in [-0.2, -0.15) is 26.3 Å². The summed E-state index contributed by atoms with van der Waals surface area (Å²) in [5.41, 5.74) is -3.66. The van der Waals surface area contributed by atoms with E-state index in [1.807, 2.05) is 0 Å². The molecule has 0 spiro atoms. The third-order valence-corrected chi connectivity index (χ3v) is 3.25. The summed E-state index contributed by atoms with van der Waals surface area (Å²) in [4.78, 5) is 11.9. The lowest BCUT2D eigenvalue weighted by molar-refractivity contribution is -0.143. The van der Waals surface area contributed by atoms with E-state index in [-0.39, 0.29) is 12.1 Å². The van der Waals surface area contributed by atoms with Crippen molar-refractivity contribution in [2.45, 2.75) is 24.8 Å². The number of carbonyl (C=O) groups excluding carboxylic acids is 1. The molecule has 0 aliphatic carbocycles. The van der Waals surface area contributed by atoms with E-state index in [4.69, 9.17) is 0 Å². The van der Waals surface area contributed by atoms with E-state index in [2.05, 4.69) is 10.6 Å². The van der Waals surface area contributed by atoms with Gasteiger partial charge in [-0.15, -0.1) is 0 Å². The van der Waals surface area contributed by atoms with Crippen LogP contribution in [0, 0.1) is 0 Å². The Kier molecular flexibility index (Phi) is 4.37. The maximum Gasteiger partial charge on any atom is 0.416 e. The first kappa shape index (κ1) is 16.6. The van der Waals surface area contributed by atoms with E-state index < -0.39 is 35.0 Å². The molecule has 0 saturated carbocycles. The van der Waals surface area contributed by atoms with E-state index in [1.54, 1.807) is 0 Å². The highest BCUT2D eigenvalue weighted by atomic mass is 19.4. The van der Waals surface area contributed by atoms with Crippen LogP contribution in [0.4, 0.5) is 26.3 Å². The molecular weight excluding hydrogens is 314 g/mol. The SMILES string of the molecule is O=C(NC1CCNC1)c1cc(C(F)(F)F)cc(C(F)(F)F)c1. The number of hydrogen-bond donors (Lipinski definition) is 2. The van der Waals surface area contributed by atoms with Gasteiger partial charge in [-0.1, -0.05) is 0 Å². The fourth-order valence-electron chi connectivity index (χ4n) is 2.13. The van der Waals surface area contributed by atoms with Gasteiger partial charge < -0.3 is 10.6 Å². The molecule has 0 bridgehead atoms. The first-order chi connectivity index (χ1) is 10.1. The summed E-state index contributed by atoms with van der Waals surface area (Å²) in [5.74, 6) is -0.953. The van der Waals surface area contributed by atoms with Crippen LogP contribution < -0.4 is 10.6 Å². The van der Waals surface area contributed by atoms with E-state index in [9.17, 15) is 31.1 Å². The Morgan fingerprint density at radius 1 is 1.05 bits per heavy atom. The number of hydrogen-bond acceptors (Lipinski definition) is 2. The van der Waals surface area contributed by atoms with Crippen molar-refractivity contribution in [3.63, 3.8) is 0 Å². The van der Waals surface area contributed by atoms with Gasteiger partial charge in [-0.25, -0.2) is 0 Å². The lowest BCUT2D eigenvalue weighted by Gasteiger charge is -2.16. The van der Waals surface area contributed by atoms with Gasteiger partial charge in [0.25, 0.3) is 5.91 Å². The highest BCUT2D eigenvalue weighted by Crippen LogP contribution is 2.36. The predicted octanol–water partition coefficient (Wildman–Crippen LogP) is 2.82. The zero-order valence-electron chi connectivity index (χ0n) is 11.1. The molecule has 1 saturated heterocycles. The number of amides is 1. The average molecular weight is 326 g/mol. The zero-order valence-corrected chi connectivity index (χ0v) is 11.1. The number of alkyl halides is 6. The minimum atomic E-state index is -4.97. The van der Waals surface area contributed by atoms with Crippen LogP contribution in [0.15, 0.2) is 18.2 Å². The lowest BCUT2D eigenvalue weighted by Crippen LogP contribution is -2.36. The van der Waals surface area contributed by atoms with Crippen LogP contribution in [0.25, 0.3) is 0 Å². The molecule has 1 fully saturated rings. The minimum absolute atomic E-state index is 0.00605. The standard InChI is InChI=1S/C13H12F6N2O/c14-12(15,16)8-3-7(4-9(5-8)13(17,18)19)11(22)21-10-1-2-20-6-10/h3-5,10,20H,1-2,6H2,(H,21,22). The summed E-state index contributed by atoms with van der Waals surface area (Å²) in [6.45, 7) is 1.05. The van der Waals surface area contributed by atoms with Crippen molar-refractivity contribution in [1.29, 1.82) is 0 Å². The van der Waals surface area contributed by atoms with Gasteiger partial charge in [0, 0.05) is 18.2 Å². The Labute approximate surface area is 121 Å². The molecule has 1 aliphatic rings. The Morgan fingerprint density at radius 2 is 1.59 bits per heavy atom. The van der Waals surface area contributed by atoms with Crippen molar-refractivity contribution in [2.75, 3.05) is 13.1 Å². The van der Waals surface area contributed by atoms with Gasteiger partial charge >= 0.3 is 12.4 Å². The highest BCUT2D eigenvalue weighted by molar-refractivity contribution is 5.94. The second-order valence-corrected chi connectivity index (χ2v) is 4.96. The number of carbonyl (C=O) groups is 1. The second kappa shape index (κ2) is 5.79. The van der Waals surface area contributed by atoms with Crippen LogP contribution in [-0.4, -0.2) is 25.0 Å². The normalized spacial score (nSPS) is 19.3. The summed E-state index contributed by atoms with van der Waals surface area (Å²) in [6, 6.07) is 0.532. The fraction of sp³-hybridized carbons (Fsp3) is 0.462. The molecule has 1 heterocycles. The smallest absolute Gasteiger partial charge is 0.348 e. The van der Waals surface area contributed by atoms with E-state index in [1.165, 1.54) is 0 Å². The Balaban J connectivity index is 2.34. The van der Waals surface area contributed by atoms with Crippen molar-refractivity contribution in [2.24, 2.45) is 0 Å². The van der Waals surface area contributed by atoms with E-state index in [0.717, 1.165) is 0 Å². The quantitative estimate of drug-likeness (QED) is 0.821. The fourth-order valence-corrected chi connectivity index (χ4v) is 2.13. The number of benzene rings is 1. The summed E-state index contributed by atoms with van der Waals surface area (Å²) in [6.07, 6.45) is -9.37. The molecule has 22 heavy (non-hydrogen) atoms. The summed E-state index contributed by atoms with van der Waals surface area (Å²) in [5, 5.41) is 5.34. The van der Waals surface area contributed by atoms with Crippen molar-refractivity contribution >= 4 is 5.91 Å². The molecule has 1 aromatic rings. The van der Waals surface area contributed by atoms with Crippen LogP contribution in [-0.2, 0) is 12.4 Å². The van der Waals surface area contributed by atoms with Gasteiger partial charge in [0.1, 0.15) is 0 Å². The van der Waals surface area contributed by atoms with Crippen molar-refractivity contribution in [3.8, 4) is 0 Å². The third kappa shape index (κ3) is 3.90. The number of rotatable bonds is 2. The van der Waals surface area contributed by atoms with Crippen LogP contribution in [0.2, 0.25) is 0 Å². The second-order valence-electron chi connectivity index (χ2n) is 4.96. The molecular formula is C13H12F6N2O. The molecule has 3 nitrogen and oxygen atoms in total. The Hall–Kier alpha value is -1.77. The molecule has 1 aromatic carbocycles. The third-order valence-electron chi connectivity index (χ3n) is 3.25. The maximum atomic E-state index is 12.7. The van der Waals surface area contributed by atoms with Gasteiger partial charge in [0.05, 0.1) is 11.1 Å². The lowest BCUT2D eigenvalue weighted by atomic mass is 10.0. The minimum Gasteiger partial charge on any atom is -0.348 e. The molecule has 2 rings (SSSR count).